The largest absolute Gasteiger partial charge is 0.395 e. The van der Waals surface area contributed by atoms with E-state index in [4.69, 9.17) is 5.11 Å². The number of aromatic nitrogens is 1. The molecule has 0 radical (unpaired) electrons. The Morgan fingerprint density at radius 2 is 1.93 bits per heavy atom. The molecule has 2 amide bonds. The van der Waals surface area contributed by atoms with Crippen molar-refractivity contribution in [3.05, 3.63) is 48.0 Å². The first kappa shape index (κ1) is 19.0. The van der Waals surface area contributed by atoms with Gasteiger partial charge in [0, 0.05) is 24.3 Å². The van der Waals surface area contributed by atoms with Crippen molar-refractivity contribution < 1.29 is 14.7 Å². The number of aryl methyl sites for hydroxylation is 1. The van der Waals surface area contributed by atoms with E-state index < -0.39 is 11.8 Å². The molecule has 3 rings (SSSR count). The van der Waals surface area contributed by atoms with Gasteiger partial charge in [-0.15, -0.1) is 11.3 Å². The fraction of sp³-hybridized carbons (Fsp3) is 0.250. The highest BCUT2D eigenvalue weighted by molar-refractivity contribution is 7.21. The monoisotopic (exact) mass is 383 g/mol. The van der Waals surface area contributed by atoms with E-state index in [1.54, 1.807) is 30.4 Å². The van der Waals surface area contributed by atoms with Crippen LogP contribution in [0.1, 0.15) is 12.5 Å². The van der Waals surface area contributed by atoms with Crippen molar-refractivity contribution in [3.8, 4) is 10.6 Å². The van der Waals surface area contributed by atoms with E-state index in [9.17, 15) is 9.59 Å². The average Bonchev–Trinajstić information content (AvgIpc) is 3.09. The number of nitrogens with zero attached hydrogens (tertiary/aromatic N) is 2. The normalized spacial score (nSPS) is 10.8. The molecule has 0 saturated heterocycles. The summed E-state index contributed by atoms with van der Waals surface area (Å²) in [5, 5.41) is 12.5. The van der Waals surface area contributed by atoms with E-state index in [0.29, 0.717) is 12.2 Å². The van der Waals surface area contributed by atoms with E-state index >= 15 is 0 Å². The minimum absolute atomic E-state index is 0.138. The Kier molecular flexibility index (Phi) is 5.83. The standard InChI is InChI=1S/C20H21N3O3S/c1-3-23(10-11-24)20(26)18(25)21-15-7-5-14(6-8-15)19-22-16-9-4-13(2)12-17(16)27-19/h4-9,12,24H,3,10-11H2,1-2H3,(H,21,25). The molecule has 0 bridgehead atoms. The molecule has 1 heterocycles. The van der Waals surface area contributed by atoms with Gasteiger partial charge >= 0.3 is 11.8 Å². The lowest BCUT2D eigenvalue weighted by atomic mass is 10.2. The van der Waals surface area contributed by atoms with Gasteiger partial charge in [0.25, 0.3) is 0 Å². The van der Waals surface area contributed by atoms with Crippen LogP contribution in [0.2, 0.25) is 0 Å². The predicted octanol–water partition coefficient (Wildman–Crippen LogP) is 3.05. The average molecular weight is 383 g/mol. The number of thiazole rings is 1. The second kappa shape index (κ2) is 8.28. The van der Waals surface area contributed by atoms with Gasteiger partial charge in [-0.3, -0.25) is 9.59 Å². The van der Waals surface area contributed by atoms with Crippen LogP contribution in [0.25, 0.3) is 20.8 Å². The molecule has 0 saturated carbocycles. The van der Waals surface area contributed by atoms with Crippen LogP contribution in [-0.4, -0.2) is 46.5 Å². The van der Waals surface area contributed by atoms with E-state index in [0.717, 1.165) is 20.8 Å². The zero-order chi connectivity index (χ0) is 19.4. The van der Waals surface area contributed by atoms with Gasteiger partial charge in [-0.25, -0.2) is 4.98 Å². The topological polar surface area (TPSA) is 82.5 Å². The maximum atomic E-state index is 12.1. The summed E-state index contributed by atoms with van der Waals surface area (Å²) in [7, 11) is 0. The van der Waals surface area contributed by atoms with Crippen LogP contribution in [0, 0.1) is 6.92 Å². The lowest BCUT2D eigenvalue weighted by molar-refractivity contribution is -0.143. The van der Waals surface area contributed by atoms with Crippen molar-refractivity contribution in [2.75, 3.05) is 25.0 Å². The molecular formula is C20H21N3O3S. The van der Waals surface area contributed by atoms with Gasteiger partial charge in [-0.2, -0.15) is 0 Å². The van der Waals surface area contributed by atoms with Gasteiger partial charge in [-0.1, -0.05) is 6.07 Å². The number of hydrogen-bond donors (Lipinski definition) is 2. The van der Waals surface area contributed by atoms with Gasteiger partial charge < -0.3 is 15.3 Å². The van der Waals surface area contributed by atoms with Crippen LogP contribution in [-0.2, 0) is 9.59 Å². The fourth-order valence-corrected chi connectivity index (χ4v) is 3.77. The summed E-state index contributed by atoms with van der Waals surface area (Å²) in [5.74, 6) is -1.37. The minimum Gasteiger partial charge on any atom is -0.395 e. The summed E-state index contributed by atoms with van der Waals surface area (Å²) in [5.41, 5.74) is 3.65. The van der Waals surface area contributed by atoms with Crippen LogP contribution >= 0.6 is 11.3 Å². The summed E-state index contributed by atoms with van der Waals surface area (Å²) in [4.78, 5) is 30.1. The minimum atomic E-state index is -0.714. The number of rotatable bonds is 5. The zero-order valence-corrected chi connectivity index (χ0v) is 16.0. The molecule has 0 fully saturated rings. The number of amides is 2. The van der Waals surface area contributed by atoms with Crippen molar-refractivity contribution in [3.63, 3.8) is 0 Å². The van der Waals surface area contributed by atoms with Gasteiger partial charge in [-0.05, 0) is 55.8 Å². The number of fused-ring (bicyclic) bond motifs is 1. The van der Waals surface area contributed by atoms with E-state index in [2.05, 4.69) is 23.3 Å². The molecule has 0 aliphatic carbocycles. The summed E-state index contributed by atoms with van der Waals surface area (Å²) in [6.07, 6.45) is 0. The summed E-state index contributed by atoms with van der Waals surface area (Å²) in [6.45, 7) is 4.14. The molecular weight excluding hydrogens is 362 g/mol. The van der Waals surface area contributed by atoms with Gasteiger partial charge in [0.1, 0.15) is 5.01 Å². The number of hydrogen-bond acceptors (Lipinski definition) is 5. The third kappa shape index (κ3) is 4.32. The Morgan fingerprint density at radius 3 is 2.59 bits per heavy atom. The molecule has 0 atom stereocenters. The maximum Gasteiger partial charge on any atom is 0.313 e. The number of likely N-dealkylation sites (N-methyl/N-ethyl adjacent to an activating group) is 1. The molecule has 0 aliphatic rings. The van der Waals surface area contributed by atoms with Gasteiger partial charge in [0.05, 0.1) is 16.8 Å². The van der Waals surface area contributed by atoms with Crippen molar-refractivity contribution in [1.29, 1.82) is 0 Å². The molecule has 27 heavy (non-hydrogen) atoms. The third-order valence-electron chi connectivity index (χ3n) is 4.17. The number of aliphatic hydroxyl groups excluding tert-OH is 1. The highest BCUT2D eigenvalue weighted by atomic mass is 32.1. The number of aliphatic hydroxyl groups is 1. The Hall–Kier alpha value is -2.77. The molecule has 140 valence electrons. The zero-order valence-electron chi connectivity index (χ0n) is 15.2. The molecule has 2 N–H and O–H groups in total. The quantitative estimate of drug-likeness (QED) is 0.664. The SMILES string of the molecule is CCN(CCO)C(=O)C(=O)Nc1ccc(-c2nc3ccc(C)cc3s2)cc1. The molecule has 6 nitrogen and oxygen atoms in total. The Morgan fingerprint density at radius 1 is 1.19 bits per heavy atom. The molecule has 2 aromatic carbocycles. The molecule has 7 heteroatoms. The van der Waals surface area contributed by atoms with E-state index in [1.165, 1.54) is 10.5 Å². The molecule has 3 aromatic rings. The summed E-state index contributed by atoms with van der Waals surface area (Å²) < 4.78 is 1.14. The van der Waals surface area contributed by atoms with Crippen molar-refractivity contribution >= 4 is 39.1 Å². The number of anilines is 1. The van der Waals surface area contributed by atoms with Crippen LogP contribution in [0.5, 0.6) is 0 Å². The van der Waals surface area contributed by atoms with Gasteiger partial charge in [0.2, 0.25) is 0 Å². The highest BCUT2D eigenvalue weighted by Gasteiger charge is 2.20. The predicted molar refractivity (Wildman–Crippen MR) is 108 cm³/mol. The molecule has 1 aromatic heterocycles. The first-order valence-corrected chi connectivity index (χ1v) is 9.52. The maximum absolute atomic E-state index is 12.1. The summed E-state index contributed by atoms with van der Waals surface area (Å²) in [6, 6.07) is 13.4. The second-order valence-electron chi connectivity index (χ2n) is 6.13. The Labute approximate surface area is 161 Å². The van der Waals surface area contributed by atoms with Crippen LogP contribution in [0.15, 0.2) is 42.5 Å². The third-order valence-corrected chi connectivity index (χ3v) is 5.23. The van der Waals surface area contributed by atoms with Crippen molar-refractivity contribution in [2.24, 2.45) is 0 Å². The van der Waals surface area contributed by atoms with E-state index in [1.807, 2.05) is 24.3 Å². The second-order valence-corrected chi connectivity index (χ2v) is 7.16. The van der Waals surface area contributed by atoms with Crippen LogP contribution in [0.4, 0.5) is 5.69 Å². The molecule has 0 unspecified atom stereocenters. The lowest BCUT2D eigenvalue weighted by Crippen LogP contribution is -2.41. The summed E-state index contributed by atoms with van der Waals surface area (Å²) >= 11 is 1.62. The number of carbonyl (C=O) groups is 2. The number of benzene rings is 2. The first-order chi connectivity index (χ1) is 13.0. The fourth-order valence-electron chi connectivity index (χ4n) is 2.70. The van der Waals surface area contributed by atoms with Crippen LogP contribution in [0.3, 0.4) is 0 Å². The first-order valence-electron chi connectivity index (χ1n) is 8.70. The van der Waals surface area contributed by atoms with Gasteiger partial charge in [0.15, 0.2) is 0 Å². The lowest BCUT2D eigenvalue weighted by Gasteiger charge is -2.18. The number of nitrogens with one attached hydrogen (secondary N) is 1. The Bertz CT molecular complexity index is 966. The van der Waals surface area contributed by atoms with Crippen LogP contribution < -0.4 is 5.32 Å². The van der Waals surface area contributed by atoms with Crippen molar-refractivity contribution in [1.82, 2.24) is 9.88 Å². The van der Waals surface area contributed by atoms with Crippen molar-refractivity contribution in [2.45, 2.75) is 13.8 Å². The Balaban J connectivity index is 1.72. The molecule has 0 aliphatic heterocycles. The number of carbonyl (C=O) groups excluding carboxylic acids is 2. The smallest absolute Gasteiger partial charge is 0.313 e. The highest BCUT2D eigenvalue weighted by Crippen LogP contribution is 2.31. The van der Waals surface area contributed by atoms with E-state index in [-0.39, 0.29) is 13.2 Å². The molecule has 0 spiro atoms.